The fourth-order valence-electron chi connectivity index (χ4n) is 2.62. The van der Waals surface area contributed by atoms with Crippen LogP contribution in [0.3, 0.4) is 0 Å². The van der Waals surface area contributed by atoms with Gasteiger partial charge in [0.05, 0.1) is 4.90 Å². The van der Waals surface area contributed by atoms with Gasteiger partial charge in [0.1, 0.15) is 5.82 Å². The van der Waals surface area contributed by atoms with Crippen LogP contribution in [0.15, 0.2) is 26.8 Å². The summed E-state index contributed by atoms with van der Waals surface area (Å²) in [7, 11) is -5.54. The summed E-state index contributed by atoms with van der Waals surface area (Å²) in [6, 6.07) is 2.32. The molecule has 0 aliphatic rings. The van der Waals surface area contributed by atoms with E-state index in [1.165, 1.54) is 0 Å². The van der Waals surface area contributed by atoms with Crippen molar-refractivity contribution in [2.75, 3.05) is 0 Å². The van der Waals surface area contributed by atoms with Crippen LogP contribution < -0.4 is 0 Å². The van der Waals surface area contributed by atoms with Crippen molar-refractivity contribution in [3.8, 4) is 0 Å². The maximum Gasteiger partial charge on any atom is 0.300 e. The van der Waals surface area contributed by atoms with E-state index in [1.807, 2.05) is 0 Å². The van der Waals surface area contributed by atoms with Crippen LogP contribution in [-0.4, -0.2) is 13.0 Å². The summed E-state index contributed by atoms with van der Waals surface area (Å²) in [6.45, 7) is 6.83. The van der Waals surface area contributed by atoms with Gasteiger partial charge in [-0.25, -0.2) is 22.0 Å². The SMILES string of the molecule is CC(C)c1cc(F)cc(C(C)C)c1Sc1c(F)c(F)c(S(=O)(=O)O)c(F)c1F. The van der Waals surface area contributed by atoms with Crippen LogP contribution in [-0.2, 0) is 10.1 Å². The van der Waals surface area contributed by atoms with Gasteiger partial charge in [-0.3, -0.25) is 4.55 Å². The van der Waals surface area contributed by atoms with Gasteiger partial charge in [-0.05, 0) is 35.1 Å². The van der Waals surface area contributed by atoms with E-state index in [4.69, 9.17) is 4.55 Å². The minimum absolute atomic E-state index is 0.211. The van der Waals surface area contributed by atoms with Gasteiger partial charge in [0.2, 0.25) is 0 Å². The van der Waals surface area contributed by atoms with E-state index in [1.54, 1.807) is 27.7 Å². The first-order valence-corrected chi connectivity index (χ1v) is 10.4. The highest BCUT2D eigenvalue weighted by Gasteiger charge is 2.33. The molecule has 0 spiro atoms. The zero-order valence-electron chi connectivity index (χ0n) is 15.3. The van der Waals surface area contributed by atoms with Crippen LogP contribution in [0.2, 0.25) is 0 Å². The van der Waals surface area contributed by atoms with Crippen molar-refractivity contribution in [2.24, 2.45) is 0 Å². The van der Waals surface area contributed by atoms with Crippen LogP contribution in [0.25, 0.3) is 0 Å². The Morgan fingerprint density at radius 1 is 0.786 bits per heavy atom. The monoisotopic (exact) mass is 440 g/mol. The number of hydrogen-bond donors (Lipinski definition) is 1. The molecule has 0 aromatic heterocycles. The molecular weight excluding hydrogens is 423 g/mol. The first-order chi connectivity index (χ1) is 12.8. The zero-order valence-corrected chi connectivity index (χ0v) is 16.9. The first-order valence-electron chi connectivity index (χ1n) is 8.11. The maximum absolute atomic E-state index is 14.4. The molecule has 2 aromatic carbocycles. The lowest BCUT2D eigenvalue weighted by atomic mass is 9.95. The molecule has 3 nitrogen and oxygen atoms in total. The summed E-state index contributed by atoms with van der Waals surface area (Å²) in [5.41, 5.74) is 0.736. The highest BCUT2D eigenvalue weighted by atomic mass is 32.2. The van der Waals surface area contributed by atoms with E-state index in [0.29, 0.717) is 22.9 Å². The van der Waals surface area contributed by atoms with E-state index in [-0.39, 0.29) is 16.7 Å². The Kier molecular flexibility index (Phi) is 6.47. The second-order valence-electron chi connectivity index (χ2n) is 6.71. The predicted octanol–water partition coefficient (Wildman–Crippen LogP) is 6.03. The molecule has 0 saturated heterocycles. The third-order valence-electron chi connectivity index (χ3n) is 4.00. The number of benzene rings is 2. The van der Waals surface area contributed by atoms with Gasteiger partial charge in [0.15, 0.2) is 28.2 Å². The predicted molar refractivity (Wildman–Crippen MR) is 94.8 cm³/mol. The highest BCUT2D eigenvalue weighted by molar-refractivity contribution is 7.99. The average Bonchev–Trinajstić information content (AvgIpc) is 2.56. The van der Waals surface area contributed by atoms with Crippen molar-refractivity contribution in [1.29, 1.82) is 0 Å². The van der Waals surface area contributed by atoms with Gasteiger partial charge in [0.25, 0.3) is 0 Å². The normalized spacial score (nSPS) is 12.3. The fourth-order valence-corrected chi connectivity index (χ4v) is 4.64. The van der Waals surface area contributed by atoms with Crippen LogP contribution in [0.1, 0.15) is 50.7 Å². The first kappa shape index (κ1) is 22.6. The van der Waals surface area contributed by atoms with Crippen molar-refractivity contribution >= 4 is 21.9 Å². The molecule has 2 rings (SSSR count). The summed E-state index contributed by atoms with van der Waals surface area (Å²) in [6.07, 6.45) is 0. The second-order valence-corrected chi connectivity index (χ2v) is 9.09. The van der Waals surface area contributed by atoms with Crippen LogP contribution in [0.5, 0.6) is 0 Å². The van der Waals surface area contributed by atoms with Crippen LogP contribution in [0.4, 0.5) is 22.0 Å². The third kappa shape index (κ3) is 4.18. The lowest BCUT2D eigenvalue weighted by Gasteiger charge is -2.20. The largest absolute Gasteiger partial charge is 0.300 e. The van der Waals surface area contributed by atoms with Crippen molar-refractivity contribution in [3.05, 3.63) is 52.3 Å². The molecule has 0 radical (unpaired) electrons. The molecule has 28 heavy (non-hydrogen) atoms. The van der Waals surface area contributed by atoms with E-state index < -0.39 is 49.0 Å². The van der Waals surface area contributed by atoms with Crippen molar-refractivity contribution in [1.82, 2.24) is 0 Å². The molecule has 0 aliphatic carbocycles. The molecule has 0 unspecified atom stereocenters. The molecule has 154 valence electrons. The minimum Gasteiger partial charge on any atom is -0.282 e. The number of hydrogen-bond acceptors (Lipinski definition) is 3. The Balaban J connectivity index is 2.81. The van der Waals surface area contributed by atoms with E-state index in [2.05, 4.69) is 0 Å². The molecule has 0 saturated carbocycles. The summed E-state index contributed by atoms with van der Waals surface area (Å²) in [5.74, 6) is -9.54. The molecule has 0 fully saturated rings. The summed E-state index contributed by atoms with van der Waals surface area (Å²) in [5, 5.41) is 0. The van der Waals surface area contributed by atoms with Crippen molar-refractivity contribution in [2.45, 2.75) is 54.2 Å². The minimum atomic E-state index is -5.54. The van der Waals surface area contributed by atoms with Gasteiger partial charge < -0.3 is 0 Å². The van der Waals surface area contributed by atoms with E-state index in [9.17, 15) is 30.4 Å². The molecule has 0 bridgehead atoms. The maximum atomic E-state index is 14.4. The van der Waals surface area contributed by atoms with E-state index >= 15 is 0 Å². The topological polar surface area (TPSA) is 54.4 Å². The Labute approximate surface area is 163 Å². The van der Waals surface area contributed by atoms with Gasteiger partial charge in [-0.15, -0.1) is 0 Å². The Bertz CT molecular complexity index is 976. The molecule has 0 amide bonds. The molecule has 2 aromatic rings. The lowest BCUT2D eigenvalue weighted by molar-refractivity contribution is 0.384. The standard InChI is InChI=1S/C18H17F5O3S2/c1-7(2)10-5-9(19)6-11(8(3)4)16(10)27-17-12(20)14(22)18(28(24,25)26)15(23)13(17)21/h5-8H,1-4H3,(H,24,25,26). The van der Waals surface area contributed by atoms with Gasteiger partial charge in [-0.2, -0.15) is 8.42 Å². The van der Waals surface area contributed by atoms with Gasteiger partial charge in [-0.1, -0.05) is 39.5 Å². The zero-order chi connectivity index (χ0) is 21.5. The smallest absolute Gasteiger partial charge is 0.282 e. The summed E-state index contributed by atoms with van der Waals surface area (Å²) >= 11 is 0.334. The van der Waals surface area contributed by atoms with Crippen molar-refractivity contribution < 1.29 is 34.9 Å². The average molecular weight is 440 g/mol. The number of rotatable bonds is 5. The lowest BCUT2D eigenvalue weighted by Crippen LogP contribution is -2.11. The Morgan fingerprint density at radius 3 is 1.50 bits per heavy atom. The molecule has 0 aliphatic heterocycles. The van der Waals surface area contributed by atoms with Crippen LogP contribution >= 0.6 is 11.8 Å². The van der Waals surface area contributed by atoms with E-state index in [0.717, 1.165) is 12.1 Å². The molecule has 10 heteroatoms. The molecular formula is C18H17F5O3S2. The summed E-state index contributed by atoms with van der Waals surface area (Å²) in [4.78, 5) is -3.01. The molecule has 0 heterocycles. The summed E-state index contributed by atoms with van der Waals surface area (Å²) < 4.78 is 102. The third-order valence-corrected chi connectivity index (χ3v) is 6.11. The number of halogens is 5. The van der Waals surface area contributed by atoms with Gasteiger partial charge >= 0.3 is 10.1 Å². The fraction of sp³-hybridized carbons (Fsp3) is 0.333. The second kappa shape index (κ2) is 8.00. The Hall–Kier alpha value is -1.65. The van der Waals surface area contributed by atoms with Gasteiger partial charge in [0, 0.05) is 4.90 Å². The Morgan fingerprint density at radius 2 is 1.18 bits per heavy atom. The molecule has 0 atom stereocenters. The highest BCUT2D eigenvalue weighted by Crippen LogP contribution is 2.43. The van der Waals surface area contributed by atoms with Crippen LogP contribution in [0, 0.1) is 29.1 Å². The quantitative estimate of drug-likeness (QED) is 0.351. The van der Waals surface area contributed by atoms with Crippen molar-refractivity contribution in [3.63, 3.8) is 0 Å². The molecule has 1 N–H and O–H groups in total.